The van der Waals surface area contributed by atoms with Crippen LogP contribution in [0.1, 0.15) is 12.5 Å². The van der Waals surface area contributed by atoms with E-state index >= 15 is 0 Å². The number of ether oxygens (including phenoxy) is 2. The fourth-order valence-electron chi connectivity index (χ4n) is 1.35. The molecule has 1 N–H and O–H groups in total. The highest BCUT2D eigenvalue weighted by atomic mass is 16.5. The van der Waals surface area contributed by atoms with Crippen molar-refractivity contribution in [3.05, 3.63) is 29.8 Å². The van der Waals surface area contributed by atoms with E-state index in [1.807, 2.05) is 31.2 Å². The number of aryl methyl sites for hydroxylation is 1. The van der Waals surface area contributed by atoms with Gasteiger partial charge in [-0.2, -0.15) is 0 Å². The fourth-order valence-corrected chi connectivity index (χ4v) is 1.35. The Hall–Kier alpha value is -1.06. The number of hydrogen-bond acceptors (Lipinski definition) is 3. The van der Waals surface area contributed by atoms with Crippen LogP contribution in [0.25, 0.3) is 0 Å². The van der Waals surface area contributed by atoms with Crippen LogP contribution in [-0.2, 0) is 4.74 Å². The van der Waals surface area contributed by atoms with E-state index in [4.69, 9.17) is 9.47 Å². The van der Waals surface area contributed by atoms with Gasteiger partial charge in [0.2, 0.25) is 0 Å². The van der Waals surface area contributed by atoms with Gasteiger partial charge in [0, 0.05) is 6.54 Å². The van der Waals surface area contributed by atoms with Crippen molar-refractivity contribution in [3.63, 3.8) is 0 Å². The Bertz CT molecular complexity index is 289. The molecule has 0 spiro atoms. The van der Waals surface area contributed by atoms with Gasteiger partial charge >= 0.3 is 0 Å². The van der Waals surface area contributed by atoms with Crippen molar-refractivity contribution in [2.45, 2.75) is 13.8 Å². The van der Waals surface area contributed by atoms with Gasteiger partial charge in [0.25, 0.3) is 0 Å². The Morgan fingerprint density at radius 2 is 1.94 bits per heavy atom. The van der Waals surface area contributed by atoms with Gasteiger partial charge in [-0.15, -0.1) is 0 Å². The second-order valence-corrected chi connectivity index (χ2v) is 3.58. The molecule has 1 aromatic rings. The van der Waals surface area contributed by atoms with Gasteiger partial charge in [0.15, 0.2) is 0 Å². The Morgan fingerprint density at radius 1 is 1.12 bits per heavy atom. The van der Waals surface area contributed by atoms with Crippen molar-refractivity contribution in [2.75, 3.05) is 32.9 Å². The third-order valence-electron chi connectivity index (χ3n) is 2.25. The predicted octanol–water partition coefficient (Wildman–Crippen LogP) is 2.00. The van der Waals surface area contributed by atoms with Crippen LogP contribution in [0.15, 0.2) is 24.3 Å². The SMILES string of the molecule is CCNCCOCCOc1ccccc1C. The molecule has 0 radical (unpaired) electrons. The number of likely N-dealkylation sites (N-methyl/N-ethyl adjacent to an activating group) is 1. The molecule has 0 saturated heterocycles. The van der Waals surface area contributed by atoms with Gasteiger partial charge < -0.3 is 14.8 Å². The maximum atomic E-state index is 5.60. The summed E-state index contributed by atoms with van der Waals surface area (Å²) in [7, 11) is 0. The molecule has 1 aromatic carbocycles. The lowest BCUT2D eigenvalue weighted by Gasteiger charge is -2.09. The second kappa shape index (κ2) is 8.13. The van der Waals surface area contributed by atoms with E-state index < -0.39 is 0 Å². The molecule has 0 aromatic heterocycles. The maximum Gasteiger partial charge on any atom is 0.122 e. The zero-order valence-electron chi connectivity index (χ0n) is 10.2. The fraction of sp³-hybridized carbons (Fsp3) is 0.538. The van der Waals surface area contributed by atoms with Gasteiger partial charge in [-0.05, 0) is 25.1 Å². The molecule has 0 heterocycles. The van der Waals surface area contributed by atoms with Gasteiger partial charge in [-0.3, -0.25) is 0 Å². The summed E-state index contributed by atoms with van der Waals surface area (Å²) in [5.41, 5.74) is 1.16. The first-order valence-electron chi connectivity index (χ1n) is 5.81. The highest BCUT2D eigenvalue weighted by Crippen LogP contribution is 2.15. The van der Waals surface area contributed by atoms with E-state index in [0.29, 0.717) is 13.2 Å². The minimum atomic E-state index is 0.608. The minimum Gasteiger partial charge on any atom is -0.491 e. The topological polar surface area (TPSA) is 30.5 Å². The first-order chi connectivity index (χ1) is 7.84. The van der Waals surface area contributed by atoms with E-state index in [2.05, 4.69) is 12.2 Å². The number of nitrogens with one attached hydrogen (secondary N) is 1. The van der Waals surface area contributed by atoms with Crippen LogP contribution in [0.5, 0.6) is 5.75 Å². The van der Waals surface area contributed by atoms with Crippen LogP contribution in [0.4, 0.5) is 0 Å². The van der Waals surface area contributed by atoms with Crippen molar-refractivity contribution in [1.29, 1.82) is 0 Å². The smallest absolute Gasteiger partial charge is 0.122 e. The number of rotatable bonds is 8. The summed E-state index contributed by atoms with van der Waals surface area (Å²) < 4.78 is 11.0. The van der Waals surface area contributed by atoms with Crippen LogP contribution in [0.3, 0.4) is 0 Å². The van der Waals surface area contributed by atoms with Crippen molar-refractivity contribution in [1.82, 2.24) is 5.32 Å². The van der Waals surface area contributed by atoms with Crippen molar-refractivity contribution in [2.24, 2.45) is 0 Å². The summed E-state index contributed by atoms with van der Waals surface area (Å²) in [6.07, 6.45) is 0. The third-order valence-corrected chi connectivity index (χ3v) is 2.25. The number of benzene rings is 1. The van der Waals surface area contributed by atoms with E-state index in [1.165, 1.54) is 0 Å². The van der Waals surface area contributed by atoms with E-state index in [-0.39, 0.29) is 0 Å². The molecule has 0 aliphatic heterocycles. The average molecular weight is 223 g/mol. The standard InChI is InChI=1S/C13H21NO2/c1-3-14-8-9-15-10-11-16-13-7-5-4-6-12(13)2/h4-7,14H,3,8-11H2,1-2H3. The van der Waals surface area contributed by atoms with E-state index in [1.54, 1.807) is 0 Å². The molecule has 0 aliphatic carbocycles. The summed E-state index contributed by atoms with van der Waals surface area (Å²) >= 11 is 0. The summed E-state index contributed by atoms with van der Waals surface area (Å²) in [6, 6.07) is 8.01. The Morgan fingerprint density at radius 3 is 2.69 bits per heavy atom. The van der Waals surface area contributed by atoms with Gasteiger partial charge in [0.05, 0.1) is 13.2 Å². The summed E-state index contributed by atoms with van der Waals surface area (Å²) in [4.78, 5) is 0. The Labute approximate surface area is 97.8 Å². The average Bonchev–Trinajstić information content (AvgIpc) is 2.30. The molecule has 0 fully saturated rings. The highest BCUT2D eigenvalue weighted by Gasteiger charge is 1.96. The first-order valence-corrected chi connectivity index (χ1v) is 5.81. The molecule has 0 saturated carbocycles. The lowest BCUT2D eigenvalue weighted by atomic mass is 10.2. The van der Waals surface area contributed by atoms with Crippen LogP contribution in [-0.4, -0.2) is 32.9 Å². The largest absolute Gasteiger partial charge is 0.491 e. The number of hydrogen-bond donors (Lipinski definition) is 1. The first kappa shape index (κ1) is 13.0. The van der Waals surface area contributed by atoms with Crippen LogP contribution in [0, 0.1) is 6.92 Å². The highest BCUT2D eigenvalue weighted by molar-refractivity contribution is 5.31. The molecule has 0 aliphatic rings. The van der Waals surface area contributed by atoms with Crippen LogP contribution >= 0.6 is 0 Å². The van der Waals surface area contributed by atoms with Gasteiger partial charge in [-0.25, -0.2) is 0 Å². The monoisotopic (exact) mass is 223 g/mol. The van der Waals surface area contributed by atoms with E-state index in [9.17, 15) is 0 Å². The zero-order chi connectivity index (χ0) is 11.6. The molecule has 90 valence electrons. The summed E-state index contributed by atoms with van der Waals surface area (Å²) in [5.74, 6) is 0.942. The zero-order valence-corrected chi connectivity index (χ0v) is 10.2. The van der Waals surface area contributed by atoms with Gasteiger partial charge in [-0.1, -0.05) is 25.1 Å². The molecular weight excluding hydrogens is 202 g/mol. The minimum absolute atomic E-state index is 0.608. The molecule has 0 bridgehead atoms. The molecule has 16 heavy (non-hydrogen) atoms. The molecule has 1 rings (SSSR count). The van der Waals surface area contributed by atoms with Crippen molar-refractivity contribution >= 4 is 0 Å². The maximum absolute atomic E-state index is 5.60. The lowest BCUT2D eigenvalue weighted by Crippen LogP contribution is -2.20. The van der Waals surface area contributed by atoms with Crippen molar-refractivity contribution in [3.8, 4) is 5.75 Å². The molecule has 3 nitrogen and oxygen atoms in total. The van der Waals surface area contributed by atoms with Gasteiger partial charge in [0.1, 0.15) is 12.4 Å². The Balaban J connectivity index is 2.05. The summed E-state index contributed by atoms with van der Waals surface area (Å²) in [6.45, 7) is 8.01. The van der Waals surface area contributed by atoms with E-state index in [0.717, 1.165) is 31.0 Å². The quantitative estimate of drug-likeness (QED) is 0.684. The number of para-hydroxylation sites is 1. The summed E-state index contributed by atoms with van der Waals surface area (Å²) in [5, 5.41) is 3.20. The normalized spacial score (nSPS) is 10.4. The lowest BCUT2D eigenvalue weighted by molar-refractivity contribution is 0.102. The molecule has 0 amide bonds. The van der Waals surface area contributed by atoms with Crippen molar-refractivity contribution < 1.29 is 9.47 Å². The van der Waals surface area contributed by atoms with Crippen LogP contribution < -0.4 is 10.1 Å². The second-order valence-electron chi connectivity index (χ2n) is 3.58. The molecule has 0 unspecified atom stereocenters. The Kier molecular flexibility index (Phi) is 6.61. The van der Waals surface area contributed by atoms with Crippen LogP contribution in [0.2, 0.25) is 0 Å². The molecule has 0 atom stereocenters. The third kappa shape index (κ3) is 5.14. The molecular formula is C13H21NO2. The molecule has 3 heteroatoms. The predicted molar refractivity (Wildman–Crippen MR) is 66.0 cm³/mol.